The fourth-order valence-corrected chi connectivity index (χ4v) is 3.10. The van der Waals surface area contributed by atoms with E-state index in [4.69, 9.17) is 0 Å². The third-order valence-corrected chi connectivity index (χ3v) is 4.63. The first-order chi connectivity index (χ1) is 10.8. The largest absolute Gasteiger partial charge is 0.434 e. The molecular weight excluding hydrogens is 454 g/mol. The molecule has 1 aliphatic carbocycles. The van der Waals surface area contributed by atoms with Crippen LogP contribution in [0.3, 0.4) is 0 Å². The van der Waals surface area contributed by atoms with Crippen LogP contribution in [-0.2, 0) is 12.7 Å². The molecule has 1 aromatic rings. The number of hydrogen-bond acceptors (Lipinski definition) is 4. The number of nitrogens with one attached hydrogen (secondary N) is 2. The average molecular weight is 477 g/mol. The molecular formula is C14H23F3IN5S. The van der Waals surface area contributed by atoms with Crippen LogP contribution in [0.2, 0.25) is 0 Å². The van der Waals surface area contributed by atoms with E-state index in [1.807, 2.05) is 0 Å². The van der Waals surface area contributed by atoms with Crippen LogP contribution in [-0.4, -0.2) is 49.6 Å². The van der Waals surface area contributed by atoms with E-state index in [0.717, 1.165) is 23.3 Å². The number of rotatable bonds is 6. The van der Waals surface area contributed by atoms with Gasteiger partial charge in [0.05, 0.1) is 6.54 Å². The average Bonchev–Trinajstić information content (AvgIpc) is 3.17. The van der Waals surface area contributed by atoms with E-state index in [1.165, 1.54) is 12.8 Å². The Morgan fingerprint density at radius 1 is 1.42 bits per heavy atom. The van der Waals surface area contributed by atoms with Crippen LogP contribution in [0, 0.1) is 5.92 Å². The summed E-state index contributed by atoms with van der Waals surface area (Å²) in [6, 6.07) is 0.435. The molecule has 2 rings (SSSR count). The van der Waals surface area contributed by atoms with E-state index in [1.54, 1.807) is 7.05 Å². The van der Waals surface area contributed by atoms with Crippen molar-refractivity contribution in [1.29, 1.82) is 0 Å². The lowest BCUT2D eigenvalue weighted by Gasteiger charge is -2.25. The lowest BCUT2D eigenvalue weighted by molar-refractivity contribution is -0.140. The summed E-state index contributed by atoms with van der Waals surface area (Å²) >= 11 is 0.988. The van der Waals surface area contributed by atoms with Gasteiger partial charge in [0.25, 0.3) is 0 Å². The molecule has 1 aromatic heterocycles. The van der Waals surface area contributed by atoms with Crippen molar-refractivity contribution in [2.24, 2.45) is 10.9 Å². The first kappa shape index (κ1) is 21.4. The maximum Gasteiger partial charge on any atom is 0.434 e. The van der Waals surface area contributed by atoms with Gasteiger partial charge in [-0.25, -0.2) is 4.98 Å². The number of halogens is 4. The normalized spacial score (nSPS) is 16.7. The number of nitrogens with zero attached hydrogens (tertiary/aromatic N) is 3. The smallest absolute Gasteiger partial charge is 0.355 e. The predicted octanol–water partition coefficient (Wildman–Crippen LogP) is 2.79. The molecule has 0 amide bonds. The van der Waals surface area contributed by atoms with Crippen LogP contribution in [0.15, 0.2) is 10.4 Å². The highest BCUT2D eigenvalue weighted by Gasteiger charge is 2.34. The fraction of sp³-hybridized carbons (Fsp3) is 0.714. The molecule has 24 heavy (non-hydrogen) atoms. The van der Waals surface area contributed by atoms with Crippen LogP contribution in [0.25, 0.3) is 0 Å². The summed E-state index contributed by atoms with van der Waals surface area (Å²) in [6.45, 7) is 0.972. The van der Waals surface area contributed by atoms with Crippen molar-refractivity contribution in [3.05, 3.63) is 16.1 Å². The van der Waals surface area contributed by atoms with Gasteiger partial charge in [-0.3, -0.25) is 4.99 Å². The molecule has 138 valence electrons. The highest BCUT2D eigenvalue weighted by Crippen LogP contribution is 2.34. The number of alkyl halides is 3. The van der Waals surface area contributed by atoms with E-state index < -0.39 is 11.9 Å². The molecule has 0 aromatic carbocycles. The molecule has 1 unspecified atom stereocenters. The highest BCUT2D eigenvalue weighted by molar-refractivity contribution is 14.0. The van der Waals surface area contributed by atoms with Gasteiger partial charge in [0.2, 0.25) is 0 Å². The quantitative estimate of drug-likeness (QED) is 0.376. The second-order valence-corrected chi connectivity index (χ2v) is 6.74. The SMILES string of the molecule is CN=C(NCc1nc(C(F)(F)F)cs1)NCC(C1CC1)N(C)C.I. The Morgan fingerprint density at radius 2 is 2.08 bits per heavy atom. The topological polar surface area (TPSA) is 52.6 Å². The molecule has 0 aliphatic heterocycles. The fourth-order valence-electron chi connectivity index (χ4n) is 2.36. The Kier molecular flexibility index (Phi) is 8.20. The second-order valence-electron chi connectivity index (χ2n) is 5.80. The van der Waals surface area contributed by atoms with E-state index in [0.29, 0.717) is 22.9 Å². The molecule has 1 fully saturated rings. The number of thiazole rings is 1. The highest BCUT2D eigenvalue weighted by atomic mass is 127. The molecule has 0 saturated heterocycles. The molecule has 0 bridgehead atoms. The van der Waals surface area contributed by atoms with Crippen LogP contribution < -0.4 is 10.6 Å². The van der Waals surface area contributed by atoms with Crippen molar-refractivity contribution in [3.8, 4) is 0 Å². The van der Waals surface area contributed by atoms with Crippen molar-refractivity contribution < 1.29 is 13.2 Å². The zero-order chi connectivity index (χ0) is 17.0. The van der Waals surface area contributed by atoms with Gasteiger partial charge < -0.3 is 15.5 Å². The molecule has 0 spiro atoms. The van der Waals surface area contributed by atoms with Gasteiger partial charge in [0, 0.05) is 25.0 Å². The second kappa shape index (κ2) is 9.18. The summed E-state index contributed by atoms with van der Waals surface area (Å²) in [5.41, 5.74) is -0.844. The van der Waals surface area contributed by atoms with Crippen LogP contribution in [0.1, 0.15) is 23.5 Å². The number of likely N-dealkylation sites (N-methyl/N-ethyl adjacent to an activating group) is 1. The first-order valence-electron chi connectivity index (χ1n) is 7.43. The maximum absolute atomic E-state index is 12.5. The Balaban J connectivity index is 0.00000288. The van der Waals surface area contributed by atoms with Gasteiger partial charge in [-0.05, 0) is 32.9 Å². The van der Waals surface area contributed by atoms with Crippen molar-refractivity contribution in [2.75, 3.05) is 27.7 Å². The summed E-state index contributed by atoms with van der Waals surface area (Å²) in [4.78, 5) is 9.88. The van der Waals surface area contributed by atoms with Gasteiger partial charge in [-0.15, -0.1) is 35.3 Å². The summed E-state index contributed by atoms with van der Waals surface area (Å²) < 4.78 is 37.5. The number of aromatic nitrogens is 1. The van der Waals surface area contributed by atoms with E-state index in [2.05, 4.69) is 39.6 Å². The predicted molar refractivity (Wildman–Crippen MR) is 101 cm³/mol. The summed E-state index contributed by atoms with van der Waals surface area (Å²) in [5, 5.41) is 7.65. The van der Waals surface area contributed by atoms with Crippen molar-refractivity contribution in [1.82, 2.24) is 20.5 Å². The Bertz CT molecular complexity index is 541. The third-order valence-electron chi connectivity index (χ3n) is 3.78. The first-order valence-corrected chi connectivity index (χ1v) is 8.31. The van der Waals surface area contributed by atoms with Crippen LogP contribution in [0.4, 0.5) is 13.2 Å². The van der Waals surface area contributed by atoms with Gasteiger partial charge in [0.15, 0.2) is 11.7 Å². The van der Waals surface area contributed by atoms with Crippen molar-refractivity contribution >= 4 is 41.3 Å². The third kappa shape index (κ3) is 6.36. The van der Waals surface area contributed by atoms with Gasteiger partial charge in [-0.2, -0.15) is 13.2 Å². The molecule has 10 heteroatoms. The number of guanidine groups is 1. The lowest BCUT2D eigenvalue weighted by atomic mass is 10.1. The summed E-state index contributed by atoms with van der Waals surface area (Å²) in [5.74, 6) is 1.28. The van der Waals surface area contributed by atoms with E-state index in [9.17, 15) is 13.2 Å². The molecule has 5 nitrogen and oxygen atoms in total. The Labute approximate surface area is 161 Å². The minimum Gasteiger partial charge on any atom is -0.355 e. The minimum absolute atomic E-state index is 0. The standard InChI is InChI=1S/C14H22F3N5S.HI/c1-18-13(19-6-10(22(2)3)9-4-5-9)20-7-12-21-11(8-23-12)14(15,16)17;/h8-10H,4-7H2,1-3H3,(H2,18,19,20);1H. The van der Waals surface area contributed by atoms with Gasteiger partial charge in [-0.1, -0.05) is 0 Å². The summed E-state index contributed by atoms with van der Waals surface area (Å²) in [6.07, 6.45) is -1.90. The molecule has 1 atom stereocenters. The van der Waals surface area contributed by atoms with Gasteiger partial charge >= 0.3 is 6.18 Å². The monoisotopic (exact) mass is 477 g/mol. The number of hydrogen-bond donors (Lipinski definition) is 2. The molecule has 1 heterocycles. The lowest BCUT2D eigenvalue weighted by Crippen LogP contribution is -2.45. The zero-order valence-corrected chi connectivity index (χ0v) is 17.0. The van der Waals surface area contributed by atoms with Crippen LogP contribution >= 0.6 is 35.3 Å². The minimum atomic E-state index is -4.39. The van der Waals surface area contributed by atoms with E-state index >= 15 is 0 Å². The number of aliphatic imine (C=N–C) groups is 1. The molecule has 0 radical (unpaired) electrons. The Morgan fingerprint density at radius 3 is 2.54 bits per heavy atom. The maximum atomic E-state index is 12.5. The van der Waals surface area contributed by atoms with Crippen LogP contribution in [0.5, 0.6) is 0 Å². The molecule has 1 aliphatic rings. The Hall–Kier alpha value is -0.620. The zero-order valence-electron chi connectivity index (χ0n) is 13.9. The van der Waals surface area contributed by atoms with Gasteiger partial charge in [0.1, 0.15) is 5.01 Å². The van der Waals surface area contributed by atoms with Crippen molar-refractivity contribution in [2.45, 2.75) is 31.6 Å². The summed E-state index contributed by atoms with van der Waals surface area (Å²) in [7, 11) is 5.74. The van der Waals surface area contributed by atoms with Crippen molar-refractivity contribution in [3.63, 3.8) is 0 Å². The molecule has 2 N–H and O–H groups in total. The molecule has 1 saturated carbocycles. The van der Waals surface area contributed by atoms with E-state index in [-0.39, 0.29) is 30.5 Å².